The van der Waals surface area contributed by atoms with E-state index in [0.717, 1.165) is 0 Å². The summed E-state index contributed by atoms with van der Waals surface area (Å²) >= 11 is 11.9. The van der Waals surface area contributed by atoms with Crippen molar-refractivity contribution < 1.29 is 13.9 Å². The SMILES string of the molecule is COC(=O)[C@@H](c1ccc(Cl)c(Cl)c1)N(C)Cc1nnc(C)o1. The molecule has 0 aliphatic heterocycles. The topological polar surface area (TPSA) is 68.5 Å². The summed E-state index contributed by atoms with van der Waals surface area (Å²) in [5, 5.41) is 8.48. The fourth-order valence-corrected chi connectivity index (χ4v) is 2.38. The Kier molecular flexibility index (Phi) is 5.39. The first-order valence-electron chi connectivity index (χ1n) is 6.44. The van der Waals surface area contributed by atoms with Crippen molar-refractivity contribution in [3.63, 3.8) is 0 Å². The van der Waals surface area contributed by atoms with E-state index in [1.165, 1.54) is 7.11 Å². The molecule has 0 saturated carbocycles. The number of benzene rings is 1. The van der Waals surface area contributed by atoms with Gasteiger partial charge in [0.2, 0.25) is 11.8 Å². The first kappa shape index (κ1) is 16.7. The molecule has 1 heterocycles. The number of rotatable bonds is 5. The molecule has 22 heavy (non-hydrogen) atoms. The Morgan fingerprint density at radius 1 is 1.36 bits per heavy atom. The van der Waals surface area contributed by atoms with Crippen molar-refractivity contribution in [1.29, 1.82) is 0 Å². The molecule has 2 aromatic rings. The predicted molar refractivity (Wildman–Crippen MR) is 81.7 cm³/mol. The molecule has 0 fully saturated rings. The van der Waals surface area contributed by atoms with Gasteiger partial charge in [-0.25, -0.2) is 4.79 Å². The van der Waals surface area contributed by atoms with E-state index < -0.39 is 12.0 Å². The Hall–Kier alpha value is -1.63. The zero-order chi connectivity index (χ0) is 16.3. The van der Waals surface area contributed by atoms with Crippen LogP contribution in [0.3, 0.4) is 0 Å². The molecule has 0 aliphatic rings. The lowest BCUT2D eigenvalue weighted by Gasteiger charge is -2.25. The summed E-state index contributed by atoms with van der Waals surface area (Å²) in [6, 6.07) is 4.35. The van der Waals surface area contributed by atoms with Crippen molar-refractivity contribution >= 4 is 29.2 Å². The fourth-order valence-electron chi connectivity index (χ4n) is 2.07. The number of hydrogen-bond donors (Lipinski definition) is 0. The first-order chi connectivity index (χ1) is 10.4. The van der Waals surface area contributed by atoms with Crippen LogP contribution in [0.15, 0.2) is 22.6 Å². The van der Waals surface area contributed by atoms with Gasteiger partial charge in [-0.3, -0.25) is 4.90 Å². The Morgan fingerprint density at radius 2 is 2.09 bits per heavy atom. The lowest BCUT2D eigenvalue weighted by atomic mass is 10.1. The van der Waals surface area contributed by atoms with E-state index in [0.29, 0.717) is 33.9 Å². The molecule has 6 nitrogen and oxygen atoms in total. The number of ether oxygens (including phenoxy) is 1. The molecule has 0 spiro atoms. The minimum atomic E-state index is -0.660. The quantitative estimate of drug-likeness (QED) is 0.777. The number of halogens is 2. The summed E-state index contributed by atoms with van der Waals surface area (Å²) in [5.41, 5.74) is 0.667. The fraction of sp³-hybridized carbons (Fsp3) is 0.357. The number of likely N-dealkylation sites (N-methyl/N-ethyl adjacent to an activating group) is 1. The highest BCUT2D eigenvalue weighted by Crippen LogP contribution is 2.29. The predicted octanol–water partition coefficient (Wildman–Crippen LogP) is 3.03. The van der Waals surface area contributed by atoms with E-state index in [1.807, 2.05) is 0 Å². The molecule has 0 bridgehead atoms. The average molecular weight is 344 g/mol. The molecule has 8 heteroatoms. The lowest BCUT2D eigenvalue weighted by Crippen LogP contribution is -2.31. The van der Waals surface area contributed by atoms with Gasteiger partial charge in [0.25, 0.3) is 0 Å². The van der Waals surface area contributed by atoms with Crippen LogP contribution >= 0.6 is 23.2 Å². The molecule has 0 saturated heterocycles. The normalized spacial score (nSPS) is 12.5. The molecule has 1 aromatic heterocycles. The molecule has 0 N–H and O–H groups in total. The van der Waals surface area contributed by atoms with Crippen molar-refractivity contribution in [2.75, 3.05) is 14.2 Å². The van der Waals surface area contributed by atoms with Crippen LogP contribution < -0.4 is 0 Å². The number of aromatic nitrogens is 2. The number of nitrogens with zero attached hydrogens (tertiary/aromatic N) is 3. The van der Waals surface area contributed by atoms with Crippen LogP contribution in [0.25, 0.3) is 0 Å². The molecule has 1 atom stereocenters. The van der Waals surface area contributed by atoms with Crippen molar-refractivity contribution in [2.45, 2.75) is 19.5 Å². The zero-order valence-corrected chi connectivity index (χ0v) is 13.9. The molecule has 0 radical (unpaired) electrons. The molecule has 0 unspecified atom stereocenters. The summed E-state index contributed by atoms with van der Waals surface area (Å²) in [5.74, 6) is 0.457. The second-order valence-corrected chi connectivity index (χ2v) is 5.54. The van der Waals surface area contributed by atoms with Crippen molar-refractivity contribution in [3.8, 4) is 0 Å². The molecular weight excluding hydrogens is 329 g/mol. The number of esters is 1. The Morgan fingerprint density at radius 3 is 2.64 bits per heavy atom. The Bertz CT molecular complexity index is 675. The molecule has 2 rings (SSSR count). The van der Waals surface area contributed by atoms with Gasteiger partial charge in [0, 0.05) is 6.92 Å². The number of hydrogen-bond acceptors (Lipinski definition) is 6. The van der Waals surface area contributed by atoms with Gasteiger partial charge in [0.1, 0.15) is 6.04 Å². The van der Waals surface area contributed by atoms with Gasteiger partial charge in [-0.15, -0.1) is 10.2 Å². The number of methoxy groups -OCH3 is 1. The van der Waals surface area contributed by atoms with Gasteiger partial charge in [-0.05, 0) is 24.7 Å². The summed E-state index contributed by atoms with van der Waals surface area (Å²) in [7, 11) is 3.08. The second-order valence-electron chi connectivity index (χ2n) is 4.73. The van der Waals surface area contributed by atoms with Crippen LogP contribution in [-0.2, 0) is 16.1 Å². The van der Waals surface area contributed by atoms with E-state index in [-0.39, 0.29) is 0 Å². The molecule has 0 amide bonds. The van der Waals surface area contributed by atoms with Crippen molar-refractivity contribution in [2.24, 2.45) is 0 Å². The second kappa shape index (κ2) is 7.09. The van der Waals surface area contributed by atoms with E-state index in [1.54, 1.807) is 37.1 Å². The van der Waals surface area contributed by atoms with E-state index in [4.69, 9.17) is 32.4 Å². The Balaban J connectivity index is 2.28. The Labute approximate surface area is 138 Å². The number of carbonyl (C=O) groups is 1. The van der Waals surface area contributed by atoms with Gasteiger partial charge < -0.3 is 9.15 Å². The van der Waals surface area contributed by atoms with Crippen LogP contribution in [0.2, 0.25) is 10.0 Å². The van der Waals surface area contributed by atoms with Crippen LogP contribution in [0.5, 0.6) is 0 Å². The third-order valence-electron chi connectivity index (χ3n) is 3.08. The maximum absolute atomic E-state index is 12.1. The zero-order valence-electron chi connectivity index (χ0n) is 12.3. The van der Waals surface area contributed by atoms with Gasteiger partial charge >= 0.3 is 5.97 Å². The largest absolute Gasteiger partial charge is 0.468 e. The lowest BCUT2D eigenvalue weighted by molar-refractivity contribution is -0.147. The highest BCUT2D eigenvalue weighted by Gasteiger charge is 2.27. The van der Waals surface area contributed by atoms with Gasteiger partial charge in [0.05, 0.1) is 23.7 Å². The maximum atomic E-state index is 12.1. The summed E-state index contributed by atoms with van der Waals surface area (Å²) in [6.45, 7) is 1.99. The summed E-state index contributed by atoms with van der Waals surface area (Å²) in [4.78, 5) is 13.9. The van der Waals surface area contributed by atoms with Crippen LogP contribution in [0.4, 0.5) is 0 Å². The van der Waals surface area contributed by atoms with E-state index in [2.05, 4.69) is 10.2 Å². The van der Waals surface area contributed by atoms with E-state index in [9.17, 15) is 4.79 Å². The third-order valence-corrected chi connectivity index (χ3v) is 3.82. The minimum Gasteiger partial charge on any atom is -0.468 e. The van der Waals surface area contributed by atoms with Crippen LogP contribution in [-0.4, -0.2) is 35.2 Å². The maximum Gasteiger partial charge on any atom is 0.327 e. The third kappa shape index (κ3) is 3.76. The molecule has 0 aliphatic carbocycles. The highest BCUT2D eigenvalue weighted by molar-refractivity contribution is 6.42. The van der Waals surface area contributed by atoms with Crippen LogP contribution in [0.1, 0.15) is 23.4 Å². The number of aryl methyl sites for hydroxylation is 1. The van der Waals surface area contributed by atoms with Gasteiger partial charge in [-0.2, -0.15) is 0 Å². The minimum absolute atomic E-state index is 0.293. The van der Waals surface area contributed by atoms with Crippen molar-refractivity contribution in [1.82, 2.24) is 15.1 Å². The van der Waals surface area contributed by atoms with Crippen molar-refractivity contribution in [3.05, 3.63) is 45.6 Å². The highest BCUT2D eigenvalue weighted by atomic mass is 35.5. The van der Waals surface area contributed by atoms with Gasteiger partial charge in [-0.1, -0.05) is 29.3 Å². The van der Waals surface area contributed by atoms with E-state index >= 15 is 0 Å². The molecule has 118 valence electrons. The monoisotopic (exact) mass is 343 g/mol. The molecule has 1 aromatic carbocycles. The number of carbonyl (C=O) groups excluding carboxylic acids is 1. The first-order valence-corrected chi connectivity index (χ1v) is 7.20. The smallest absolute Gasteiger partial charge is 0.327 e. The molecular formula is C14H15Cl2N3O3. The standard InChI is InChI=1S/C14H15Cl2N3O3/c1-8-17-18-12(22-8)7-19(2)13(14(20)21-3)9-4-5-10(15)11(16)6-9/h4-6,13H,7H2,1-3H3/t13-/m1/s1. The summed E-state index contributed by atoms with van der Waals surface area (Å²) < 4.78 is 10.2. The van der Waals surface area contributed by atoms with Crippen LogP contribution in [0, 0.1) is 6.92 Å². The summed E-state index contributed by atoms with van der Waals surface area (Å²) in [6.07, 6.45) is 0. The average Bonchev–Trinajstić information content (AvgIpc) is 2.88. The van der Waals surface area contributed by atoms with Gasteiger partial charge in [0.15, 0.2) is 0 Å².